The van der Waals surface area contributed by atoms with E-state index in [1.165, 1.54) is 12.1 Å². The standard InChI is InChI=1S/C11H7FN2/c12-8-4-5-10-9(7-8)13-11-3-1-2-6-14(10)11/h1-7H. The molecule has 2 aromatic heterocycles. The van der Waals surface area contributed by atoms with Gasteiger partial charge in [-0.25, -0.2) is 9.37 Å². The molecule has 0 spiro atoms. The molecule has 2 nitrogen and oxygen atoms in total. The number of hydrogen-bond acceptors (Lipinski definition) is 1. The number of rotatable bonds is 0. The Balaban J connectivity index is 2.57. The van der Waals surface area contributed by atoms with E-state index in [9.17, 15) is 4.39 Å². The minimum Gasteiger partial charge on any atom is -0.300 e. The van der Waals surface area contributed by atoms with Crippen molar-refractivity contribution in [3.05, 3.63) is 48.4 Å². The Bertz CT molecular complexity index is 613. The smallest absolute Gasteiger partial charge is 0.137 e. The Morgan fingerprint density at radius 3 is 3.00 bits per heavy atom. The molecule has 0 saturated carbocycles. The molecule has 2 heterocycles. The number of imidazole rings is 1. The number of nitrogens with zero attached hydrogens (tertiary/aromatic N) is 2. The van der Waals surface area contributed by atoms with Crippen LogP contribution in [-0.2, 0) is 0 Å². The Kier molecular flexibility index (Phi) is 1.36. The van der Waals surface area contributed by atoms with E-state index in [0.29, 0.717) is 5.52 Å². The first-order valence-corrected chi connectivity index (χ1v) is 4.37. The van der Waals surface area contributed by atoms with Crippen LogP contribution in [0.5, 0.6) is 0 Å². The second-order valence-corrected chi connectivity index (χ2v) is 3.17. The van der Waals surface area contributed by atoms with E-state index in [0.717, 1.165) is 11.2 Å². The Morgan fingerprint density at radius 2 is 2.07 bits per heavy atom. The van der Waals surface area contributed by atoms with Crippen molar-refractivity contribution in [2.75, 3.05) is 0 Å². The summed E-state index contributed by atoms with van der Waals surface area (Å²) in [6.45, 7) is 0. The van der Waals surface area contributed by atoms with Crippen LogP contribution in [0, 0.1) is 5.82 Å². The summed E-state index contributed by atoms with van der Waals surface area (Å²) in [6, 6.07) is 10.4. The third-order valence-electron chi connectivity index (χ3n) is 2.27. The summed E-state index contributed by atoms with van der Waals surface area (Å²) in [6.07, 6.45) is 1.92. The molecule has 0 amide bonds. The average molecular weight is 186 g/mol. The van der Waals surface area contributed by atoms with Gasteiger partial charge in [-0.05, 0) is 24.3 Å². The van der Waals surface area contributed by atoms with Gasteiger partial charge < -0.3 is 0 Å². The summed E-state index contributed by atoms with van der Waals surface area (Å²) in [5, 5.41) is 0. The van der Waals surface area contributed by atoms with E-state index in [2.05, 4.69) is 4.98 Å². The fourth-order valence-corrected chi connectivity index (χ4v) is 1.64. The molecule has 0 unspecified atom stereocenters. The van der Waals surface area contributed by atoms with Gasteiger partial charge in [0, 0.05) is 12.3 Å². The molecule has 0 aliphatic rings. The van der Waals surface area contributed by atoms with Crippen molar-refractivity contribution in [1.82, 2.24) is 9.38 Å². The first-order chi connectivity index (χ1) is 6.84. The van der Waals surface area contributed by atoms with Crippen molar-refractivity contribution in [3.8, 4) is 0 Å². The minimum atomic E-state index is -0.249. The van der Waals surface area contributed by atoms with Crippen LogP contribution in [0.3, 0.4) is 0 Å². The minimum absolute atomic E-state index is 0.249. The largest absolute Gasteiger partial charge is 0.300 e. The van der Waals surface area contributed by atoms with E-state index < -0.39 is 0 Å². The van der Waals surface area contributed by atoms with E-state index in [-0.39, 0.29) is 5.82 Å². The molecule has 1 aromatic carbocycles. The summed E-state index contributed by atoms with van der Waals surface area (Å²) >= 11 is 0. The predicted octanol–water partition coefficient (Wildman–Crippen LogP) is 2.63. The van der Waals surface area contributed by atoms with Crippen LogP contribution in [0.4, 0.5) is 4.39 Å². The number of aromatic nitrogens is 2. The van der Waals surface area contributed by atoms with Gasteiger partial charge in [-0.3, -0.25) is 4.40 Å². The predicted molar refractivity (Wildman–Crippen MR) is 52.7 cm³/mol. The van der Waals surface area contributed by atoms with Crippen molar-refractivity contribution >= 4 is 16.7 Å². The van der Waals surface area contributed by atoms with Crippen LogP contribution in [-0.4, -0.2) is 9.38 Å². The average Bonchev–Trinajstić information content (AvgIpc) is 2.54. The Labute approximate surface area is 79.6 Å². The van der Waals surface area contributed by atoms with Gasteiger partial charge in [0.15, 0.2) is 0 Å². The molecule has 0 saturated heterocycles. The zero-order valence-corrected chi connectivity index (χ0v) is 7.31. The quantitative estimate of drug-likeness (QED) is 0.527. The molecular weight excluding hydrogens is 179 g/mol. The molecule has 14 heavy (non-hydrogen) atoms. The SMILES string of the molecule is Fc1ccc2c(c1)nc1ccccn12. The van der Waals surface area contributed by atoms with Gasteiger partial charge in [0.1, 0.15) is 11.5 Å². The summed E-state index contributed by atoms with van der Waals surface area (Å²) in [5.74, 6) is -0.249. The third-order valence-corrected chi connectivity index (χ3v) is 2.27. The molecule has 0 radical (unpaired) electrons. The van der Waals surface area contributed by atoms with Crippen LogP contribution in [0.25, 0.3) is 16.7 Å². The first kappa shape index (κ1) is 7.50. The van der Waals surface area contributed by atoms with Crippen LogP contribution < -0.4 is 0 Å². The topological polar surface area (TPSA) is 17.3 Å². The maximum absolute atomic E-state index is 12.9. The van der Waals surface area contributed by atoms with Crippen LogP contribution in [0.2, 0.25) is 0 Å². The number of benzene rings is 1. The second-order valence-electron chi connectivity index (χ2n) is 3.17. The van der Waals surface area contributed by atoms with Gasteiger partial charge in [0.2, 0.25) is 0 Å². The lowest BCUT2D eigenvalue weighted by atomic mass is 10.3. The van der Waals surface area contributed by atoms with Gasteiger partial charge in [-0.2, -0.15) is 0 Å². The van der Waals surface area contributed by atoms with Crippen molar-refractivity contribution in [1.29, 1.82) is 0 Å². The van der Waals surface area contributed by atoms with Crippen molar-refractivity contribution < 1.29 is 4.39 Å². The number of hydrogen-bond donors (Lipinski definition) is 0. The summed E-state index contributed by atoms with van der Waals surface area (Å²) in [7, 11) is 0. The van der Waals surface area contributed by atoms with Crippen molar-refractivity contribution in [3.63, 3.8) is 0 Å². The van der Waals surface area contributed by atoms with E-state index >= 15 is 0 Å². The van der Waals surface area contributed by atoms with Crippen LogP contribution in [0.15, 0.2) is 42.6 Å². The molecule has 0 N–H and O–H groups in total. The molecule has 0 aliphatic carbocycles. The summed E-state index contributed by atoms with van der Waals surface area (Å²) in [5.41, 5.74) is 2.46. The van der Waals surface area contributed by atoms with E-state index in [4.69, 9.17) is 0 Å². The van der Waals surface area contributed by atoms with Gasteiger partial charge in [-0.15, -0.1) is 0 Å². The molecule has 0 atom stereocenters. The lowest BCUT2D eigenvalue weighted by Crippen LogP contribution is -1.81. The monoisotopic (exact) mass is 186 g/mol. The van der Waals surface area contributed by atoms with Crippen molar-refractivity contribution in [2.24, 2.45) is 0 Å². The highest BCUT2D eigenvalue weighted by atomic mass is 19.1. The van der Waals surface area contributed by atoms with Gasteiger partial charge in [0.05, 0.1) is 11.0 Å². The zero-order chi connectivity index (χ0) is 9.54. The number of halogens is 1. The van der Waals surface area contributed by atoms with E-state index in [1.807, 2.05) is 28.8 Å². The molecule has 3 rings (SSSR count). The molecule has 0 aliphatic heterocycles. The first-order valence-electron chi connectivity index (χ1n) is 4.37. The second kappa shape index (κ2) is 2.54. The normalized spacial score (nSPS) is 11.2. The molecule has 3 heteroatoms. The molecular formula is C11H7FN2. The number of pyridine rings is 1. The van der Waals surface area contributed by atoms with E-state index in [1.54, 1.807) is 6.07 Å². The lowest BCUT2D eigenvalue weighted by Gasteiger charge is -1.92. The molecule has 0 fully saturated rings. The summed E-state index contributed by atoms with van der Waals surface area (Å²) in [4.78, 5) is 4.30. The highest BCUT2D eigenvalue weighted by molar-refractivity contribution is 5.80. The summed E-state index contributed by atoms with van der Waals surface area (Å²) < 4.78 is 14.9. The highest BCUT2D eigenvalue weighted by Crippen LogP contribution is 2.16. The fraction of sp³-hybridized carbons (Fsp3) is 0. The van der Waals surface area contributed by atoms with Crippen LogP contribution >= 0.6 is 0 Å². The zero-order valence-electron chi connectivity index (χ0n) is 7.31. The molecule has 3 aromatic rings. The molecule has 0 bridgehead atoms. The Hall–Kier alpha value is -1.90. The van der Waals surface area contributed by atoms with Gasteiger partial charge in [0.25, 0.3) is 0 Å². The van der Waals surface area contributed by atoms with Gasteiger partial charge in [-0.1, -0.05) is 6.07 Å². The van der Waals surface area contributed by atoms with Crippen molar-refractivity contribution in [2.45, 2.75) is 0 Å². The van der Waals surface area contributed by atoms with Gasteiger partial charge >= 0.3 is 0 Å². The lowest BCUT2D eigenvalue weighted by molar-refractivity contribution is 0.629. The number of fused-ring (bicyclic) bond motifs is 3. The maximum Gasteiger partial charge on any atom is 0.137 e. The highest BCUT2D eigenvalue weighted by Gasteiger charge is 2.03. The fourth-order valence-electron chi connectivity index (χ4n) is 1.64. The maximum atomic E-state index is 12.9. The van der Waals surface area contributed by atoms with Crippen LogP contribution in [0.1, 0.15) is 0 Å². The third kappa shape index (κ3) is 0.923. The Morgan fingerprint density at radius 1 is 1.14 bits per heavy atom. The molecule has 68 valence electrons.